The number of rotatable bonds is 3. The number of hydrogen-bond donors (Lipinski definition) is 1. The number of nitrogens with zero attached hydrogens (tertiary/aromatic N) is 1. The number of anilines is 2. The fraction of sp³-hybridized carbons (Fsp3) is 0.130. The first-order chi connectivity index (χ1) is 14.1. The Kier molecular flexibility index (Phi) is 4.25. The predicted octanol–water partition coefficient (Wildman–Crippen LogP) is 5.23. The molecule has 6 heteroatoms. The molecular formula is C23H17ClN2O3. The van der Waals surface area contributed by atoms with E-state index in [0.29, 0.717) is 28.5 Å². The van der Waals surface area contributed by atoms with Crippen molar-refractivity contribution in [3.05, 3.63) is 71.8 Å². The third kappa shape index (κ3) is 3.23. The molecule has 0 aliphatic carbocycles. The first-order valence-electron chi connectivity index (χ1n) is 9.36. The Bertz CT molecular complexity index is 1260. The van der Waals surface area contributed by atoms with Crippen molar-refractivity contribution in [3.63, 3.8) is 0 Å². The standard InChI is InChI=1S/C23H17ClN2O3/c24-15-4-3-5-17(11-15)26-13-14(10-22(26)27)23(28)25-16-8-9-19-18-6-1-2-7-20(18)29-21(19)12-16/h1-9,11-12,14H,10,13H2,(H,25,28). The third-order valence-corrected chi connectivity index (χ3v) is 5.50. The van der Waals surface area contributed by atoms with E-state index >= 15 is 0 Å². The van der Waals surface area contributed by atoms with Gasteiger partial charge in [0.2, 0.25) is 11.8 Å². The van der Waals surface area contributed by atoms with Crippen molar-refractivity contribution in [3.8, 4) is 0 Å². The van der Waals surface area contributed by atoms with Crippen molar-refractivity contribution < 1.29 is 14.0 Å². The summed E-state index contributed by atoms with van der Waals surface area (Å²) in [7, 11) is 0. The zero-order valence-electron chi connectivity index (χ0n) is 15.4. The topological polar surface area (TPSA) is 62.6 Å². The minimum absolute atomic E-state index is 0.0832. The Balaban J connectivity index is 1.35. The van der Waals surface area contributed by atoms with E-state index in [1.807, 2.05) is 48.5 Å². The number of fused-ring (bicyclic) bond motifs is 3. The summed E-state index contributed by atoms with van der Waals surface area (Å²) in [5.41, 5.74) is 2.88. The number of hydrogen-bond acceptors (Lipinski definition) is 3. The van der Waals surface area contributed by atoms with Gasteiger partial charge in [-0.15, -0.1) is 0 Å². The van der Waals surface area contributed by atoms with Crippen molar-refractivity contribution in [1.29, 1.82) is 0 Å². The van der Waals surface area contributed by atoms with Crippen molar-refractivity contribution in [2.75, 3.05) is 16.8 Å². The average Bonchev–Trinajstić information content (AvgIpc) is 3.28. The molecule has 144 valence electrons. The van der Waals surface area contributed by atoms with Crippen LogP contribution in [0.15, 0.2) is 71.1 Å². The molecule has 1 atom stereocenters. The van der Waals surface area contributed by atoms with Gasteiger partial charge in [0.05, 0.1) is 5.92 Å². The molecule has 29 heavy (non-hydrogen) atoms. The van der Waals surface area contributed by atoms with Gasteiger partial charge in [-0.05, 0) is 36.4 Å². The third-order valence-electron chi connectivity index (χ3n) is 5.26. The van der Waals surface area contributed by atoms with E-state index in [2.05, 4.69) is 5.32 Å². The summed E-state index contributed by atoms with van der Waals surface area (Å²) < 4.78 is 5.88. The molecule has 2 heterocycles. The molecule has 5 nitrogen and oxygen atoms in total. The number of halogens is 1. The van der Waals surface area contributed by atoms with E-state index in [0.717, 1.165) is 16.4 Å². The van der Waals surface area contributed by atoms with Gasteiger partial charge in [0, 0.05) is 46.2 Å². The molecule has 1 fully saturated rings. The van der Waals surface area contributed by atoms with E-state index in [1.165, 1.54) is 0 Å². The number of para-hydroxylation sites is 1. The van der Waals surface area contributed by atoms with Gasteiger partial charge >= 0.3 is 0 Å². The summed E-state index contributed by atoms with van der Waals surface area (Å²) in [6, 6.07) is 20.5. The first-order valence-corrected chi connectivity index (χ1v) is 9.74. The maximum Gasteiger partial charge on any atom is 0.229 e. The van der Waals surface area contributed by atoms with Crippen molar-refractivity contribution in [2.24, 2.45) is 5.92 Å². The molecule has 1 aliphatic rings. The van der Waals surface area contributed by atoms with E-state index in [9.17, 15) is 9.59 Å². The van der Waals surface area contributed by atoms with Crippen molar-refractivity contribution in [2.45, 2.75) is 6.42 Å². The number of benzene rings is 3. The van der Waals surface area contributed by atoms with E-state index in [4.69, 9.17) is 16.0 Å². The lowest BCUT2D eigenvalue weighted by Crippen LogP contribution is -2.28. The lowest BCUT2D eigenvalue weighted by atomic mass is 10.1. The van der Waals surface area contributed by atoms with Crippen LogP contribution in [0.2, 0.25) is 5.02 Å². The Labute approximate surface area is 171 Å². The first kappa shape index (κ1) is 17.8. The minimum Gasteiger partial charge on any atom is -0.456 e. The second-order valence-electron chi connectivity index (χ2n) is 7.18. The number of carbonyl (C=O) groups is 2. The molecule has 1 aliphatic heterocycles. The molecular weight excluding hydrogens is 388 g/mol. The van der Waals surface area contributed by atoms with Crippen LogP contribution < -0.4 is 10.2 Å². The Morgan fingerprint density at radius 3 is 2.69 bits per heavy atom. The molecule has 1 N–H and O–H groups in total. The zero-order chi connectivity index (χ0) is 20.0. The molecule has 1 saturated heterocycles. The van der Waals surface area contributed by atoms with Gasteiger partial charge in [-0.1, -0.05) is 35.9 Å². The number of furan rings is 1. The molecule has 2 amide bonds. The average molecular weight is 405 g/mol. The minimum atomic E-state index is -0.423. The highest BCUT2D eigenvalue weighted by Crippen LogP contribution is 2.31. The number of amides is 2. The van der Waals surface area contributed by atoms with Gasteiger partial charge in [-0.3, -0.25) is 9.59 Å². The molecule has 0 spiro atoms. The largest absolute Gasteiger partial charge is 0.456 e. The van der Waals surface area contributed by atoms with Crippen molar-refractivity contribution in [1.82, 2.24) is 0 Å². The van der Waals surface area contributed by atoms with Crippen LogP contribution in [-0.2, 0) is 9.59 Å². The predicted molar refractivity (Wildman–Crippen MR) is 114 cm³/mol. The van der Waals surface area contributed by atoms with Crippen LogP contribution in [0.5, 0.6) is 0 Å². The molecule has 5 rings (SSSR count). The Morgan fingerprint density at radius 1 is 1.00 bits per heavy atom. The van der Waals surface area contributed by atoms with Gasteiger partial charge in [0.1, 0.15) is 11.2 Å². The van der Waals surface area contributed by atoms with Crippen LogP contribution in [0, 0.1) is 5.92 Å². The Morgan fingerprint density at radius 2 is 1.83 bits per heavy atom. The second-order valence-corrected chi connectivity index (χ2v) is 7.62. The lowest BCUT2D eigenvalue weighted by molar-refractivity contribution is -0.122. The molecule has 0 radical (unpaired) electrons. The summed E-state index contributed by atoms with van der Waals surface area (Å²) in [6.07, 6.45) is 0.172. The maximum atomic E-state index is 12.8. The summed E-state index contributed by atoms with van der Waals surface area (Å²) in [5.74, 6) is -0.689. The number of carbonyl (C=O) groups excluding carboxylic acids is 2. The fourth-order valence-electron chi connectivity index (χ4n) is 3.82. The number of nitrogens with one attached hydrogen (secondary N) is 1. The summed E-state index contributed by atoms with van der Waals surface area (Å²) in [5, 5.41) is 5.52. The van der Waals surface area contributed by atoms with Crippen LogP contribution in [0.3, 0.4) is 0 Å². The van der Waals surface area contributed by atoms with Gasteiger partial charge < -0.3 is 14.6 Å². The SMILES string of the molecule is O=C(Nc1ccc2c(c1)oc1ccccc12)C1CC(=O)N(c2cccc(Cl)c2)C1. The lowest BCUT2D eigenvalue weighted by Gasteiger charge is -2.17. The fourth-order valence-corrected chi connectivity index (χ4v) is 4.01. The maximum absolute atomic E-state index is 12.8. The summed E-state index contributed by atoms with van der Waals surface area (Å²) >= 11 is 6.03. The van der Waals surface area contributed by atoms with Crippen LogP contribution in [-0.4, -0.2) is 18.4 Å². The quantitative estimate of drug-likeness (QED) is 0.508. The molecule has 1 aromatic heterocycles. The molecule has 3 aromatic carbocycles. The highest BCUT2D eigenvalue weighted by atomic mass is 35.5. The van der Waals surface area contributed by atoms with Crippen LogP contribution in [0.4, 0.5) is 11.4 Å². The van der Waals surface area contributed by atoms with Crippen molar-refractivity contribution >= 4 is 56.7 Å². The van der Waals surface area contributed by atoms with Gasteiger partial charge in [0.15, 0.2) is 0 Å². The molecule has 1 unspecified atom stereocenters. The highest BCUT2D eigenvalue weighted by molar-refractivity contribution is 6.31. The normalized spacial score (nSPS) is 16.7. The van der Waals surface area contributed by atoms with Gasteiger partial charge in [-0.2, -0.15) is 0 Å². The van der Waals surface area contributed by atoms with Crippen LogP contribution >= 0.6 is 11.6 Å². The summed E-state index contributed by atoms with van der Waals surface area (Å²) in [4.78, 5) is 26.8. The monoisotopic (exact) mass is 404 g/mol. The Hall–Kier alpha value is -3.31. The van der Waals surface area contributed by atoms with Crippen LogP contribution in [0.1, 0.15) is 6.42 Å². The van der Waals surface area contributed by atoms with Gasteiger partial charge in [0.25, 0.3) is 0 Å². The summed E-state index contributed by atoms with van der Waals surface area (Å²) in [6.45, 7) is 0.331. The second kappa shape index (κ2) is 6.94. The smallest absolute Gasteiger partial charge is 0.229 e. The van der Waals surface area contributed by atoms with Crippen LogP contribution in [0.25, 0.3) is 21.9 Å². The van der Waals surface area contributed by atoms with E-state index in [-0.39, 0.29) is 18.2 Å². The molecule has 0 saturated carbocycles. The van der Waals surface area contributed by atoms with Gasteiger partial charge in [-0.25, -0.2) is 0 Å². The molecule has 4 aromatic rings. The highest BCUT2D eigenvalue weighted by Gasteiger charge is 2.35. The zero-order valence-corrected chi connectivity index (χ0v) is 16.1. The van der Waals surface area contributed by atoms with E-state index in [1.54, 1.807) is 23.1 Å². The van der Waals surface area contributed by atoms with E-state index < -0.39 is 5.92 Å². The molecule has 0 bridgehead atoms.